The molecular weight excluding hydrogens is 244 g/mol. The van der Waals surface area contributed by atoms with E-state index in [-0.39, 0.29) is 11.6 Å². The number of pyridine rings is 1. The van der Waals surface area contributed by atoms with E-state index in [1.165, 1.54) is 0 Å². The van der Waals surface area contributed by atoms with Crippen molar-refractivity contribution in [1.82, 2.24) is 4.98 Å². The van der Waals surface area contributed by atoms with Gasteiger partial charge in [-0.2, -0.15) is 0 Å². The number of anilines is 1. The molecule has 19 heavy (non-hydrogen) atoms. The maximum absolute atomic E-state index is 11.1. The Labute approximate surface area is 113 Å². The molecule has 0 aromatic carbocycles. The number of hydrogen-bond acceptors (Lipinski definition) is 4. The van der Waals surface area contributed by atoms with Gasteiger partial charge in [-0.25, -0.2) is 9.78 Å². The lowest BCUT2D eigenvalue weighted by Crippen LogP contribution is -2.36. The third-order valence-electron chi connectivity index (χ3n) is 3.46. The zero-order chi connectivity index (χ0) is 13.8. The third kappa shape index (κ3) is 3.44. The normalized spacial score (nSPS) is 23.1. The molecule has 5 heteroatoms. The third-order valence-corrected chi connectivity index (χ3v) is 3.46. The van der Waals surface area contributed by atoms with E-state index in [1.54, 1.807) is 12.1 Å². The molecule has 2 unspecified atom stereocenters. The van der Waals surface area contributed by atoms with E-state index in [2.05, 4.69) is 17.2 Å². The summed E-state index contributed by atoms with van der Waals surface area (Å²) in [4.78, 5) is 15.5. The van der Waals surface area contributed by atoms with Crippen LogP contribution < -0.4 is 5.32 Å². The van der Waals surface area contributed by atoms with Crippen LogP contribution in [0.3, 0.4) is 0 Å². The second kappa shape index (κ2) is 6.02. The summed E-state index contributed by atoms with van der Waals surface area (Å²) < 4.78 is 5.40. The number of aryl methyl sites for hydroxylation is 1. The summed E-state index contributed by atoms with van der Waals surface area (Å²) >= 11 is 0. The van der Waals surface area contributed by atoms with Crippen molar-refractivity contribution in [2.45, 2.75) is 32.7 Å². The molecule has 2 rings (SSSR count). The first-order chi connectivity index (χ1) is 9.10. The monoisotopic (exact) mass is 264 g/mol. The quantitative estimate of drug-likeness (QED) is 0.872. The molecule has 2 heterocycles. The molecule has 0 bridgehead atoms. The van der Waals surface area contributed by atoms with Gasteiger partial charge in [0.2, 0.25) is 0 Å². The molecule has 104 valence electrons. The van der Waals surface area contributed by atoms with Crippen LogP contribution in [-0.2, 0) is 11.2 Å². The largest absolute Gasteiger partial charge is 0.478 e. The maximum Gasteiger partial charge on any atom is 0.335 e. The van der Waals surface area contributed by atoms with Gasteiger partial charge in [0.1, 0.15) is 5.82 Å². The number of nitrogens with one attached hydrogen (secondary N) is 1. The zero-order valence-electron chi connectivity index (χ0n) is 11.3. The van der Waals surface area contributed by atoms with Gasteiger partial charge in [-0.3, -0.25) is 0 Å². The van der Waals surface area contributed by atoms with Gasteiger partial charge in [-0.05, 0) is 30.9 Å². The highest BCUT2D eigenvalue weighted by Crippen LogP contribution is 2.20. The number of nitrogens with zero attached hydrogens (tertiary/aromatic N) is 1. The van der Waals surface area contributed by atoms with Crippen molar-refractivity contribution in [3.8, 4) is 0 Å². The van der Waals surface area contributed by atoms with Crippen LogP contribution in [0, 0.1) is 5.92 Å². The van der Waals surface area contributed by atoms with Gasteiger partial charge in [-0.1, -0.05) is 13.8 Å². The van der Waals surface area contributed by atoms with E-state index in [0.717, 1.165) is 31.7 Å². The summed E-state index contributed by atoms with van der Waals surface area (Å²) in [5.74, 6) is 0.129. The average Bonchev–Trinajstić information content (AvgIpc) is 2.41. The van der Waals surface area contributed by atoms with Crippen LogP contribution in [0.5, 0.6) is 0 Å². The minimum Gasteiger partial charge on any atom is -0.478 e. The van der Waals surface area contributed by atoms with Crippen molar-refractivity contribution < 1.29 is 14.6 Å². The Morgan fingerprint density at radius 1 is 1.58 bits per heavy atom. The van der Waals surface area contributed by atoms with Gasteiger partial charge in [0.15, 0.2) is 0 Å². The molecule has 1 saturated heterocycles. The molecule has 1 fully saturated rings. The molecule has 0 spiro atoms. The lowest BCUT2D eigenvalue weighted by atomic mass is 9.98. The SMILES string of the molecule is CCc1cc(C(=O)O)cc(NC2CCOCC2C)n1. The van der Waals surface area contributed by atoms with E-state index < -0.39 is 5.97 Å². The number of aromatic nitrogens is 1. The van der Waals surface area contributed by atoms with E-state index in [4.69, 9.17) is 9.84 Å². The molecule has 2 atom stereocenters. The van der Waals surface area contributed by atoms with Crippen molar-refractivity contribution >= 4 is 11.8 Å². The summed E-state index contributed by atoms with van der Waals surface area (Å²) in [6.07, 6.45) is 1.64. The fraction of sp³-hybridized carbons (Fsp3) is 0.571. The molecule has 1 aromatic rings. The number of carboxylic acid groups (broad SMARTS) is 1. The Balaban J connectivity index is 2.18. The summed E-state index contributed by atoms with van der Waals surface area (Å²) in [6.45, 7) is 5.56. The smallest absolute Gasteiger partial charge is 0.335 e. The minimum atomic E-state index is -0.917. The first-order valence-corrected chi connectivity index (χ1v) is 6.68. The number of rotatable bonds is 4. The molecule has 2 N–H and O–H groups in total. The standard InChI is InChI=1S/C14H20N2O3/c1-3-11-6-10(14(17)18)7-13(15-11)16-12-4-5-19-8-9(12)2/h6-7,9,12H,3-5,8H2,1-2H3,(H,15,16)(H,17,18). The Morgan fingerprint density at radius 3 is 3.00 bits per heavy atom. The first-order valence-electron chi connectivity index (χ1n) is 6.68. The Morgan fingerprint density at radius 2 is 2.37 bits per heavy atom. The van der Waals surface area contributed by atoms with E-state index in [9.17, 15) is 4.79 Å². The summed E-state index contributed by atoms with van der Waals surface area (Å²) in [7, 11) is 0. The van der Waals surface area contributed by atoms with Gasteiger partial charge in [0, 0.05) is 18.3 Å². The highest BCUT2D eigenvalue weighted by molar-refractivity contribution is 5.88. The van der Waals surface area contributed by atoms with Crippen molar-refractivity contribution in [3.63, 3.8) is 0 Å². The Hall–Kier alpha value is -1.62. The second-order valence-electron chi connectivity index (χ2n) is 4.98. The Kier molecular flexibility index (Phi) is 4.37. The predicted molar refractivity (Wildman–Crippen MR) is 72.6 cm³/mol. The second-order valence-corrected chi connectivity index (χ2v) is 4.98. The topological polar surface area (TPSA) is 71.5 Å². The molecule has 5 nitrogen and oxygen atoms in total. The van der Waals surface area contributed by atoms with Crippen LogP contribution in [0.2, 0.25) is 0 Å². The van der Waals surface area contributed by atoms with Gasteiger partial charge in [0.05, 0.1) is 12.2 Å². The number of hydrogen-bond donors (Lipinski definition) is 2. The van der Waals surface area contributed by atoms with Crippen molar-refractivity contribution in [1.29, 1.82) is 0 Å². The molecule has 1 aromatic heterocycles. The minimum absolute atomic E-state index is 0.286. The van der Waals surface area contributed by atoms with E-state index >= 15 is 0 Å². The van der Waals surface area contributed by atoms with Crippen LogP contribution in [0.4, 0.5) is 5.82 Å². The highest BCUT2D eigenvalue weighted by Gasteiger charge is 2.22. The zero-order valence-corrected chi connectivity index (χ0v) is 11.3. The fourth-order valence-electron chi connectivity index (χ4n) is 2.25. The molecule has 0 saturated carbocycles. The number of ether oxygens (including phenoxy) is 1. The molecule has 0 amide bonds. The van der Waals surface area contributed by atoms with E-state index in [1.807, 2.05) is 6.92 Å². The summed E-state index contributed by atoms with van der Waals surface area (Å²) in [5, 5.41) is 12.5. The highest BCUT2D eigenvalue weighted by atomic mass is 16.5. The van der Waals surface area contributed by atoms with Crippen molar-refractivity contribution in [2.75, 3.05) is 18.5 Å². The van der Waals surface area contributed by atoms with Gasteiger partial charge in [-0.15, -0.1) is 0 Å². The van der Waals surface area contributed by atoms with Crippen LogP contribution in [-0.4, -0.2) is 35.3 Å². The maximum atomic E-state index is 11.1. The molecule has 0 aliphatic carbocycles. The number of aromatic carboxylic acids is 1. The summed E-state index contributed by atoms with van der Waals surface area (Å²) in [5.41, 5.74) is 1.08. The molecule has 0 radical (unpaired) electrons. The lowest BCUT2D eigenvalue weighted by Gasteiger charge is -2.30. The number of carbonyl (C=O) groups is 1. The average molecular weight is 264 g/mol. The van der Waals surface area contributed by atoms with Gasteiger partial charge in [0.25, 0.3) is 0 Å². The first kappa shape index (κ1) is 13.8. The number of carboxylic acids is 1. The van der Waals surface area contributed by atoms with Gasteiger partial charge >= 0.3 is 5.97 Å². The van der Waals surface area contributed by atoms with Crippen molar-refractivity contribution in [3.05, 3.63) is 23.4 Å². The lowest BCUT2D eigenvalue weighted by molar-refractivity contribution is 0.0536. The van der Waals surface area contributed by atoms with Gasteiger partial charge < -0.3 is 15.2 Å². The van der Waals surface area contributed by atoms with Crippen LogP contribution in [0.15, 0.2) is 12.1 Å². The molecule has 1 aliphatic heterocycles. The Bertz CT molecular complexity index is 462. The van der Waals surface area contributed by atoms with Crippen LogP contribution in [0.25, 0.3) is 0 Å². The fourth-order valence-corrected chi connectivity index (χ4v) is 2.25. The van der Waals surface area contributed by atoms with Crippen molar-refractivity contribution in [2.24, 2.45) is 5.92 Å². The summed E-state index contributed by atoms with van der Waals surface area (Å²) in [6, 6.07) is 3.51. The molecule has 1 aliphatic rings. The van der Waals surface area contributed by atoms with E-state index in [0.29, 0.717) is 11.7 Å². The van der Waals surface area contributed by atoms with Crippen LogP contribution in [0.1, 0.15) is 36.3 Å². The predicted octanol–water partition coefficient (Wildman–Crippen LogP) is 2.18. The molecular formula is C14H20N2O3. The van der Waals surface area contributed by atoms with Crippen LogP contribution >= 0.6 is 0 Å².